The van der Waals surface area contributed by atoms with Crippen LogP contribution in [0.4, 0.5) is 23.2 Å². The fourth-order valence-electron chi connectivity index (χ4n) is 1.76. The maximum Gasteiger partial charge on any atom is 0.398 e. The third-order valence-electron chi connectivity index (χ3n) is 2.81. The Morgan fingerprint density at radius 3 is 2.60 bits per heavy atom. The lowest BCUT2D eigenvalue weighted by Gasteiger charge is -2.12. The van der Waals surface area contributed by atoms with Gasteiger partial charge in [0, 0.05) is 11.0 Å². The molecule has 0 unspecified atom stereocenters. The lowest BCUT2D eigenvalue weighted by molar-refractivity contribution is -0.118. The number of benzene rings is 2. The Balaban J connectivity index is 1.95. The van der Waals surface area contributed by atoms with E-state index in [4.69, 9.17) is 16.3 Å². The molecule has 0 aliphatic carbocycles. The van der Waals surface area contributed by atoms with Crippen LogP contribution in [0.25, 0.3) is 0 Å². The van der Waals surface area contributed by atoms with Gasteiger partial charge in [0.25, 0.3) is 5.91 Å². The minimum atomic E-state index is -4.31. The number of carbonyl (C=O) groups excluding carboxylic acids is 1. The highest BCUT2D eigenvalue weighted by atomic mass is 35.5. The number of para-hydroxylation sites is 1. The second-order valence-electron chi connectivity index (χ2n) is 4.81. The summed E-state index contributed by atoms with van der Waals surface area (Å²) in [5, 5.41) is 2.34. The molecular formula is C16H12ClF4NO2S. The van der Waals surface area contributed by atoms with Gasteiger partial charge >= 0.3 is 6.18 Å². The molecule has 0 saturated heterocycles. The van der Waals surface area contributed by atoms with Crippen molar-refractivity contribution in [2.24, 2.45) is 0 Å². The molecule has 0 heterocycles. The van der Waals surface area contributed by atoms with E-state index in [1.165, 1.54) is 24.3 Å². The molecule has 0 bridgehead atoms. The summed E-state index contributed by atoms with van der Waals surface area (Å²) in [6.45, 7) is -0.403. The Morgan fingerprint density at radius 2 is 1.92 bits per heavy atom. The molecule has 1 N–H and O–H groups in total. The summed E-state index contributed by atoms with van der Waals surface area (Å²) in [6.07, 6.45) is -4.31. The van der Waals surface area contributed by atoms with Crippen LogP contribution in [-0.2, 0) is 4.79 Å². The first-order valence-electron chi connectivity index (χ1n) is 6.91. The van der Waals surface area contributed by atoms with Gasteiger partial charge in [-0.3, -0.25) is 4.79 Å². The monoisotopic (exact) mass is 393 g/mol. The van der Waals surface area contributed by atoms with E-state index in [0.717, 1.165) is 6.07 Å². The van der Waals surface area contributed by atoms with Crippen molar-refractivity contribution in [2.75, 3.05) is 17.7 Å². The summed E-state index contributed by atoms with van der Waals surface area (Å²) < 4.78 is 55.2. The van der Waals surface area contributed by atoms with Crippen LogP contribution in [0, 0.1) is 5.82 Å². The number of hydrogen-bond donors (Lipinski definition) is 1. The first kappa shape index (κ1) is 19.4. The number of ether oxygens (including phenoxy) is 1. The molecular weight excluding hydrogens is 382 g/mol. The summed E-state index contributed by atoms with van der Waals surface area (Å²) >= 11 is 6.18. The van der Waals surface area contributed by atoms with Crippen molar-refractivity contribution >= 4 is 35.0 Å². The second-order valence-corrected chi connectivity index (χ2v) is 6.24. The number of amides is 1. The van der Waals surface area contributed by atoms with E-state index in [0.29, 0.717) is 11.8 Å². The highest BCUT2D eigenvalue weighted by Gasteiger charge is 2.27. The zero-order valence-corrected chi connectivity index (χ0v) is 14.1. The van der Waals surface area contributed by atoms with Gasteiger partial charge in [-0.15, -0.1) is 11.8 Å². The fraction of sp³-hybridized carbons (Fsp3) is 0.188. The summed E-state index contributed by atoms with van der Waals surface area (Å²) in [5.41, 5.74) is 0.252. The number of alkyl halides is 3. The van der Waals surface area contributed by atoms with Crippen LogP contribution in [0.1, 0.15) is 0 Å². The predicted octanol–water partition coefficient (Wildman–Crippen LogP) is 5.15. The van der Waals surface area contributed by atoms with Gasteiger partial charge in [-0.2, -0.15) is 13.2 Å². The Hall–Kier alpha value is -1.93. The van der Waals surface area contributed by atoms with Gasteiger partial charge in [-0.25, -0.2) is 4.39 Å². The van der Waals surface area contributed by atoms with Gasteiger partial charge in [0.1, 0.15) is 11.6 Å². The number of nitrogens with one attached hydrogen (secondary N) is 1. The van der Waals surface area contributed by atoms with Crippen molar-refractivity contribution < 1.29 is 27.1 Å². The molecule has 0 fully saturated rings. The molecule has 0 aromatic heterocycles. The van der Waals surface area contributed by atoms with E-state index in [1.807, 2.05) is 0 Å². The van der Waals surface area contributed by atoms with Crippen molar-refractivity contribution in [2.45, 2.75) is 11.1 Å². The van der Waals surface area contributed by atoms with Crippen molar-refractivity contribution in [1.82, 2.24) is 0 Å². The molecule has 1 amide bonds. The number of thioether (sulfide) groups is 1. The van der Waals surface area contributed by atoms with E-state index in [1.54, 1.807) is 12.1 Å². The molecule has 3 nitrogen and oxygen atoms in total. The largest absolute Gasteiger partial charge is 0.484 e. The third-order valence-corrected chi connectivity index (χ3v) is 4.24. The summed E-state index contributed by atoms with van der Waals surface area (Å²) in [4.78, 5) is 12.2. The maximum atomic E-state index is 13.0. The molecule has 2 rings (SSSR count). The second kappa shape index (κ2) is 8.44. The molecule has 25 heavy (non-hydrogen) atoms. The topological polar surface area (TPSA) is 38.3 Å². The van der Waals surface area contributed by atoms with E-state index < -0.39 is 30.3 Å². The number of rotatable bonds is 6. The minimum Gasteiger partial charge on any atom is -0.484 e. The van der Waals surface area contributed by atoms with E-state index in [-0.39, 0.29) is 21.4 Å². The lowest BCUT2D eigenvalue weighted by atomic mass is 10.3. The molecule has 0 radical (unpaired) electrons. The number of halogens is 5. The molecule has 0 aliphatic rings. The van der Waals surface area contributed by atoms with Gasteiger partial charge in [0.05, 0.1) is 16.5 Å². The zero-order valence-electron chi connectivity index (χ0n) is 12.6. The summed E-state index contributed by atoms with van der Waals surface area (Å²) in [5.74, 6) is -2.05. The summed E-state index contributed by atoms with van der Waals surface area (Å²) in [6, 6.07) is 9.76. The Labute approximate surface area is 150 Å². The first-order chi connectivity index (χ1) is 11.7. The zero-order chi connectivity index (χ0) is 18.4. The first-order valence-corrected chi connectivity index (χ1v) is 8.27. The third kappa shape index (κ3) is 6.47. The van der Waals surface area contributed by atoms with Crippen molar-refractivity contribution in [3.8, 4) is 5.75 Å². The average molecular weight is 394 g/mol. The Kier molecular flexibility index (Phi) is 6.55. The molecule has 9 heteroatoms. The van der Waals surface area contributed by atoms with Crippen LogP contribution in [0.5, 0.6) is 5.75 Å². The van der Waals surface area contributed by atoms with Crippen LogP contribution in [0.15, 0.2) is 47.4 Å². The van der Waals surface area contributed by atoms with Crippen molar-refractivity contribution in [3.05, 3.63) is 53.3 Å². The minimum absolute atomic E-state index is 0.146. The van der Waals surface area contributed by atoms with Crippen molar-refractivity contribution in [3.63, 3.8) is 0 Å². The van der Waals surface area contributed by atoms with Gasteiger partial charge in [0.2, 0.25) is 0 Å². The highest BCUT2D eigenvalue weighted by molar-refractivity contribution is 7.99. The Morgan fingerprint density at radius 1 is 1.20 bits per heavy atom. The average Bonchev–Trinajstić information content (AvgIpc) is 2.54. The molecule has 0 atom stereocenters. The molecule has 2 aromatic carbocycles. The smallest absolute Gasteiger partial charge is 0.398 e. The van der Waals surface area contributed by atoms with Gasteiger partial charge in [-0.1, -0.05) is 23.7 Å². The SMILES string of the molecule is O=C(COc1ccc(F)c(Cl)c1)Nc1ccccc1SCC(F)(F)F. The van der Waals surface area contributed by atoms with E-state index in [2.05, 4.69) is 5.32 Å². The van der Waals surface area contributed by atoms with Gasteiger partial charge < -0.3 is 10.1 Å². The fourth-order valence-corrected chi connectivity index (χ4v) is 2.70. The predicted molar refractivity (Wildman–Crippen MR) is 88.8 cm³/mol. The van der Waals surface area contributed by atoms with Gasteiger partial charge in [-0.05, 0) is 24.3 Å². The number of anilines is 1. The maximum absolute atomic E-state index is 13.0. The van der Waals surface area contributed by atoms with Crippen LogP contribution in [-0.4, -0.2) is 24.4 Å². The molecule has 0 spiro atoms. The molecule has 2 aromatic rings. The summed E-state index contributed by atoms with van der Waals surface area (Å²) in [7, 11) is 0. The normalized spacial score (nSPS) is 11.2. The molecule has 0 saturated carbocycles. The number of carbonyl (C=O) groups is 1. The van der Waals surface area contributed by atoms with Crippen LogP contribution in [0.3, 0.4) is 0 Å². The van der Waals surface area contributed by atoms with Gasteiger partial charge in [0.15, 0.2) is 6.61 Å². The van der Waals surface area contributed by atoms with E-state index >= 15 is 0 Å². The van der Waals surface area contributed by atoms with Crippen LogP contribution >= 0.6 is 23.4 Å². The number of hydrogen-bond acceptors (Lipinski definition) is 3. The molecule has 134 valence electrons. The lowest BCUT2D eigenvalue weighted by Crippen LogP contribution is -2.20. The standard InChI is InChI=1S/C16H12ClF4NO2S/c17-11-7-10(5-6-12(11)18)24-8-15(23)22-13-3-1-2-4-14(13)25-9-16(19,20)21/h1-7H,8-9H2,(H,22,23). The van der Waals surface area contributed by atoms with Crippen molar-refractivity contribution in [1.29, 1.82) is 0 Å². The highest BCUT2D eigenvalue weighted by Crippen LogP contribution is 2.32. The quantitative estimate of drug-likeness (QED) is 0.544. The molecule has 0 aliphatic heterocycles. The van der Waals surface area contributed by atoms with Crippen LogP contribution in [0.2, 0.25) is 5.02 Å². The van der Waals surface area contributed by atoms with E-state index in [9.17, 15) is 22.4 Å². The Bertz CT molecular complexity index is 755. The van der Waals surface area contributed by atoms with Crippen LogP contribution < -0.4 is 10.1 Å².